The van der Waals surface area contributed by atoms with Crippen molar-refractivity contribution in [1.29, 1.82) is 0 Å². The Hall–Kier alpha value is -1.75. The molecular formula is C18H22N2O2. The molecule has 0 amide bonds. The van der Waals surface area contributed by atoms with Crippen LogP contribution in [0.5, 0.6) is 0 Å². The molecule has 4 heteroatoms. The zero-order chi connectivity index (χ0) is 15.5. The minimum Gasteiger partial charge on any atom is -0.395 e. The number of benzene rings is 1. The van der Waals surface area contributed by atoms with E-state index in [4.69, 9.17) is 0 Å². The number of aliphatic hydroxyl groups is 2. The summed E-state index contributed by atoms with van der Waals surface area (Å²) in [6.45, 7) is 3.50. The van der Waals surface area contributed by atoms with E-state index in [0.29, 0.717) is 6.54 Å². The summed E-state index contributed by atoms with van der Waals surface area (Å²) in [6, 6.07) is 11.9. The van der Waals surface area contributed by atoms with Crippen molar-refractivity contribution < 1.29 is 10.2 Å². The lowest BCUT2D eigenvalue weighted by atomic mass is 9.90. The van der Waals surface area contributed by atoms with Gasteiger partial charge in [-0.3, -0.25) is 9.88 Å². The van der Waals surface area contributed by atoms with E-state index >= 15 is 0 Å². The van der Waals surface area contributed by atoms with Gasteiger partial charge in [0.25, 0.3) is 0 Å². The lowest BCUT2D eigenvalue weighted by Crippen LogP contribution is -2.38. The molecule has 4 nitrogen and oxygen atoms in total. The predicted molar refractivity (Wildman–Crippen MR) is 85.4 cm³/mol. The van der Waals surface area contributed by atoms with Crippen molar-refractivity contribution >= 4 is 0 Å². The van der Waals surface area contributed by atoms with Crippen LogP contribution >= 0.6 is 0 Å². The van der Waals surface area contributed by atoms with Crippen molar-refractivity contribution in [2.45, 2.75) is 31.5 Å². The molecule has 0 radical (unpaired) electrons. The van der Waals surface area contributed by atoms with Crippen molar-refractivity contribution in [3.05, 3.63) is 65.5 Å². The second kappa shape index (κ2) is 6.57. The van der Waals surface area contributed by atoms with Crippen LogP contribution in [-0.2, 0) is 6.54 Å². The maximum absolute atomic E-state index is 10.7. The Morgan fingerprint density at radius 3 is 2.59 bits per heavy atom. The Balaban J connectivity index is 1.83. The molecule has 2 N–H and O–H groups in total. The van der Waals surface area contributed by atoms with Gasteiger partial charge in [-0.25, -0.2) is 0 Å². The topological polar surface area (TPSA) is 56.6 Å². The molecule has 1 aliphatic rings. The van der Waals surface area contributed by atoms with Crippen LogP contribution in [0.2, 0.25) is 0 Å². The molecule has 0 spiro atoms. The van der Waals surface area contributed by atoms with Crippen molar-refractivity contribution in [2.24, 2.45) is 0 Å². The van der Waals surface area contributed by atoms with E-state index in [2.05, 4.69) is 28.9 Å². The number of rotatable bonds is 4. The first-order valence-corrected chi connectivity index (χ1v) is 7.68. The molecule has 1 aromatic heterocycles. The highest BCUT2D eigenvalue weighted by Gasteiger charge is 2.41. The van der Waals surface area contributed by atoms with E-state index in [0.717, 1.165) is 12.1 Å². The second-order valence-electron chi connectivity index (χ2n) is 5.99. The normalized spacial score (nSPS) is 25.5. The summed E-state index contributed by atoms with van der Waals surface area (Å²) in [7, 11) is 0. The van der Waals surface area contributed by atoms with Gasteiger partial charge >= 0.3 is 0 Å². The summed E-state index contributed by atoms with van der Waals surface area (Å²) in [6.07, 6.45) is 3.00. The number of hydrogen-bond acceptors (Lipinski definition) is 4. The number of aliphatic hydroxyl groups excluding tert-OH is 2. The molecular weight excluding hydrogens is 276 g/mol. The highest BCUT2D eigenvalue weighted by atomic mass is 16.3. The second-order valence-corrected chi connectivity index (χ2v) is 5.99. The van der Waals surface area contributed by atoms with Crippen molar-refractivity contribution in [2.75, 3.05) is 13.2 Å². The Morgan fingerprint density at radius 1 is 1.18 bits per heavy atom. The molecule has 0 aliphatic carbocycles. The van der Waals surface area contributed by atoms with Gasteiger partial charge in [0, 0.05) is 31.4 Å². The Morgan fingerprint density at radius 2 is 1.91 bits per heavy atom. The Labute approximate surface area is 131 Å². The average Bonchev–Trinajstić information content (AvgIpc) is 2.84. The molecule has 1 saturated heterocycles. The molecule has 116 valence electrons. The fourth-order valence-electron chi connectivity index (χ4n) is 3.39. The van der Waals surface area contributed by atoms with Gasteiger partial charge in [-0.15, -0.1) is 0 Å². The van der Waals surface area contributed by atoms with Crippen molar-refractivity contribution in [3.63, 3.8) is 0 Å². The molecule has 1 aliphatic heterocycles. The molecule has 22 heavy (non-hydrogen) atoms. The SMILES string of the molecule is Cc1ccccc1[C@H]1CN(Cc2ccncc2)[C@H](CO)[C@@H]1O. The highest BCUT2D eigenvalue weighted by Crippen LogP contribution is 2.34. The summed E-state index contributed by atoms with van der Waals surface area (Å²) in [5.41, 5.74) is 3.51. The zero-order valence-corrected chi connectivity index (χ0v) is 12.8. The van der Waals surface area contributed by atoms with Crippen LogP contribution in [-0.4, -0.2) is 45.4 Å². The zero-order valence-electron chi connectivity index (χ0n) is 12.8. The van der Waals surface area contributed by atoms with Gasteiger partial charge in [0.05, 0.1) is 18.8 Å². The third-order valence-corrected chi connectivity index (χ3v) is 4.62. The van der Waals surface area contributed by atoms with Gasteiger partial charge < -0.3 is 10.2 Å². The molecule has 3 rings (SSSR count). The lowest BCUT2D eigenvalue weighted by molar-refractivity contribution is 0.0640. The smallest absolute Gasteiger partial charge is 0.0798 e. The van der Waals surface area contributed by atoms with E-state index in [1.807, 2.05) is 24.3 Å². The molecule has 0 saturated carbocycles. The summed E-state index contributed by atoms with van der Waals surface area (Å²) < 4.78 is 0. The van der Waals surface area contributed by atoms with Crippen LogP contribution in [0.25, 0.3) is 0 Å². The van der Waals surface area contributed by atoms with Gasteiger partial charge in [-0.2, -0.15) is 0 Å². The maximum atomic E-state index is 10.7. The number of likely N-dealkylation sites (tertiary alicyclic amines) is 1. The first-order chi connectivity index (χ1) is 10.7. The molecule has 1 aromatic carbocycles. The van der Waals surface area contributed by atoms with Crippen molar-refractivity contribution in [1.82, 2.24) is 9.88 Å². The van der Waals surface area contributed by atoms with Gasteiger partial charge in [-0.1, -0.05) is 24.3 Å². The molecule has 3 atom stereocenters. The van der Waals surface area contributed by atoms with Crippen LogP contribution in [0.4, 0.5) is 0 Å². The van der Waals surface area contributed by atoms with Gasteiger partial charge in [0.15, 0.2) is 0 Å². The maximum Gasteiger partial charge on any atom is 0.0798 e. The molecule has 0 unspecified atom stereocenters. The molecule has 1 fully saturated rings. The van der Waals surface area contributed by atoms with E-state index in [1.165, 1.54) is 11.1 Å². The van der Waals surface area contributed by atoms with Gasteiger partial charge in [0.2, 0.25) is 0 Å². The minimum atomic E-state index is -0.548. The standard InChI is InChI=1S/C18H22N2O2/c1-13-4-2-3-5-15(13)16-11-20(17(12-21)18(16)22)10-14-6-8-19-9-7-14/h2-9,16-18,21-22H,10-12H2,1H3/t16-,17-,18-/m1/s1. The average molecular weight is 298 g/mol. The van der Waals surface area contributed by atoms with Crippen molar-refractivity contribution in [3.8, 4) is 0 Å². The van der Waals surface area contributed by atoms with Crippen LogP contribution in [0, 0.1) is 6.92 Å². The number of nitrogens with zero attached hydrogens (tertiary/aromatic N) is 2. The third kappa shape index (κ3) is 2.90. The minimum absolute atomic E-state index is 0.0331. The van der Waals surface area contributed by atoms with Gasteiger partial charge in [-0.05, 0) is 35.7 Å². The summed E-state index contributed by atoms with van der Waals surface area (Å²) in [4.78, 5) is 6.19. The number of aryl methyl sites for hydroxylation is 1. The monoisotopic (exact) mass is 298 g/mol. The van der Waals surface area contributed by atoms with E-state index in [1.54, 1.807) is 12.4 Å². The van der Waals surface area contributed by atoms with Crippen LogP contribution in [0.1, 0.15) is 22.6 Å². The van der Waals surface area contributed by atoms with E-state index in [9.17, 15) is 10.2 Å². The predicted octanol–water partition coefficient (Wildman–Crippen LogP) is 1.71. The largest absolute Gasteiger partial charge is 0.395 e. The first-order valence-electron chi connectivity index (χ1n) is 7.68. The number of hydrogen-bond donors (Lipinski definition) is 2. The Kier molecular flexibility index (Phi) is 4.52. The molecule has 2 heterocycles. The first kappa shape index (κ1) is 15.2. The van der Waals surface area contributed by atoms with Crippen LogP contribution in [0.3, 0.4) is 0 Å². The lowest BCUT2D eigenvalue weighted by Gasteiger charge is -2.24. The number of pyridine rings is 1. The van der Waals surface area contributed by atoms with E-state index < -0.39 is 6.10 Å². The third-order valence-electron chi connectivity index (χ3n) is 4.62. The van der Waals surface area contributed by atoms with Crippen LogP contribution in [0.15, 0.2) is 48.8 Å². The van der Waals surface area contributed by atoms with E-state index in [-0.39, 0.29) is 18.6 Å². The number of aromatic nitrogens is 1. The van der Waals surface area contributed by atoms with Crippen LogP contribution < -0.4 is 0 Å². The fourth-order valence-corrected chi connectivity index (χ4v) is 3.39. The molecule has 2 aromatic rings. The van der Waals surface area contributed by atoms with Gasteiger partial charge in [0.1, 0.15) is 0 Å². The fraction of sp³-hybridized carbons (Fsp3) is 0.389. The summed E-state index contributed by atoms with van der Waals surface area (Å²) in [5.74, 6) is 0.0418. The molecule has 0 bridgehead atoms. The quantitative estimate of drug-likeness (QED) is 0.902. The summed E-state index contributed by atoms with van der Waals surface area (Å²) >= 11 is 0. The Bertz CT molecular complexity index is 617. The summed E-state index contributed by atoms with van der Waals surface area (Å²) in [5, 5.41) is 20.4. The highest BCUT2D eigenvalue weighted by molar-refractivity contribution is 5.32.